The smallest absolute Gasteiger partial charge is 0.0400 e. The fraction of sp³-hybridized carbons (Fsp3) is 0.182. The molecule has 3 aromatic rings. The highest BCUT2D eigenvalue weighted by Gasteiger charge is 1.97. The maximum Gasteiger partial charge on any atom is 0.0400 e. The standard InChI is InChI=1S/C22H24N2/c1-3-7-20(8-4-1)17-23-16-15-19-11-13-22(14-12-19)24-18-21-9-5-2-6-10-21/h1-14,23-24H,15-18H2. The molecule has 24 heavy (non-hydrogen) atoms. The number of hydrogen-bond donors (Lipinski definition) is 2. The van der Waals surface area contributed by atoms with E-state index in [-0.39, 0.29) is 0 Å². The van der Waals surface area contributed by atoms with E-state index in [0.29, 0.717) is 0 Å². The molecule has 0 heterocycles. The molecule has 2 nitrogen and oxygen atoms in total. The van der Waals surface area contributed by atoms with Gasteiger partial charge in [-0.1, -0.05) is 72.8 Å². The predicted molar refractivity (Wildman–Crippen MR) is 102 cm³/mol. The molecule has 3 aromatic carbocycles. The van der Waals surface area contributed by atoms with Crippen molar-refractivity contribution in [2.75, 3.05) is 11.9 Å². The highest BCUT2D eigenvalue weighted by molar-refractivity contribution is 5.45. The normalized spacial score (nSPS) is 10.5. The van der Waals surface area contributed by atoms with Crippen molar-refractivity contribution < 1.29 is 0 Å². The molecule has 0 spiro atoms. The van der Waals surface area contributed by atoms with Gasteiger partial charge in [0.25, 0.3) is 0 Å². The van der Waals surface area contributed by atoms with E-state index in [9.17, 15) is 0 Å². The lowest BCUT2D eigenvalue weighted by Crippen LogP contribution is -2.16. The summed E-state index contributed by atoms with van der Waals surface area (Å²) in [6.07, 6.45) is 1.05. The average Bonchev–Trinajstić information content (AvgIpc) is 2.66. The quantitative estimate of drug-likeness (QED) is 0.592. The van der Waals surface area contributed by atoms with E-state index in [1.807, 2.05) is 6.07 Å². The molecule has 2 N–H and O–H groups in total. The zero-order chi connectivity index (χ0) is 16.5. The van der Waals surface area contributed by atoms with Crippen molar-refractivity contribution in [2.45, 2.75) is 19.5 Å². The minimum atomic E-state index is 0.860. The molecule has 0 unspecified atom stereocenters. The van der Waals surface area contributed by atoms with E-state index in [1.54, 1.807) is 0 Å². The van der Waals surface area contributed by atoms with Gasteiger partial charge in [0.15, 0.2) is 0 Å². The summed E-state index contributed by atoms with van der Waals surface area (Å²) in [5, 5.41) is 6.96. The van der Waals surface area contributed by atoms with E-state index < -0.39 is 0 Å². The second-order valence-electron chi connectivity index (χ2n) is 5.95. The lowest BCUT2D eigenvalue weighted by atomic mass is 10.1. The van der Waals surface area contributed by atoms with E-state index >= 15 is 0 Å². The maximum atomic E-state index is 3.50. The molecule has 0 aliphatic carbocycles. The first-order valence-corrected chi connectivity index (χ1v) is 8.51. The number of benzene rings is 3. The molecule has 122 valence electrons. The van der Waals surface area contributed by atoms with Crippen LogP contribution < -0.4 is 10.6 Å². The van der Waals surface area contributed by atoms with Crippen molar-refractivity contribution >= 4 is 5.69 Å². The lowest BCUT2D eigenvalue weighted by molar-refractivity contribution is 0.687. The molecule has 0 fully saturated rings. The minimum absolute atomic E-state index is 0.860. The van der Waals surface area contributed by atoms with Gasteiger partial charge in [0.05, 0.1) is 0 Å². The van der Waals surface area contributed by atoms with Gasteiger partial charge >= 0.3 is 0 Å². The van der Waals surface area contributed by atoms with Crippen LogP contribution in [0, 0.1) is 0 Å². The van der Waals surface area contributed by atoms with Crippen molar-refractivity contribution in [3.63, 3.8) is 0 Å². The third-order valence-electron chi connectivity index (χ3n) is 4.06. The van der Waals surface area contributed by atoms with Crippen molar-refractivity contribution in [3.8, 4) is 0 Å². The van der Waals surface area contributed by atoms with E-state index in [4.69, 9.17) is 0 Å². The van der Waals surface area contributed by atoms with Crippen LogP contribution in [0.5, 0.6) is 0 Å². The summed E-state index contributed by atoms with van der Waals surface area (Å²) in [5.41, 5.74) is 5.16. The van der Waals surface area contributed by atoms with Gasteiger partial charge in [-0.15, -0.1) is 0 Å². The third-order valence-corrected chi connectivity index (χ3v) is 4.06. The molecule has 0 atom stereocenters. The average molecular weight is 316 g/mol. The van der Waals surface area contributed by atoms with Crippen LogP contribution in [0.1, 0.15) is 16.7 Å². The molecule has 0 aliphatic heterocycles. The second-order valence-corrected chi connectivity index (χ2v) is 5.95. The number of rotatable bonds is 8. The fourth-order valence-corrected chi connectivity index (χ4v) is 2.65. The van der Waals surface area contributed by atoms with Crippen LogP contribution in [0.25, 0.3) is 0 Å². The summed E-state index contributed by atoms with van der Waals surface area (Å²) in [4.78, 5) is 0. The van der Waals surface area contributed by atoms with Crippen LogP contribution in [-0.2, 0) is 19.5 Å². The van der Waals surface area contributed by atoms with Crippen LogP contribution in [-0.4, -0.2) is 6.54 Å². The van der Waals surface area contributed by atoms with Crippen LogP contribution in [0.4, 0.5) is 5.69 Å². The summed E-state index contributed by atoms with van der Waals surface area (Å²) in [7, 11) is 0. The number of hydrogen-bond acceptors (Lipinski definition) is 2. The molecule has 0 aliphatic rings. The molecule has 0 saturated carbocycles. The van der Waals surface area contributed by atoms with Crippen molar-refractivity contribution in [2.24, 2.45) is 0 Å². The highest BCUT2D eigenvalue weighted by Crippen LogP contribution is 2.11. The van der Waals surface area contributed by atoms with Gasteiger partial charge in [-0.3, -0.25) is 0 Å². The van der Waals surface area contributed by atoms with Gasteiger partial charge in [0.2, 0.25) is 0 Å². The maximum absolute atomic E-state index is 3.50. The Morgan fingerprint density at radius 2 is 1.12 bits per heavy atom. The molecular formula is C22H24N2. The van der Waals surface area contributed by atoms with Gasteiger partial charge in [-0.05, 0) is 41.8 Å². The Bertz CT molecular complexity index is 706. The van der Waals surface area contributed by atoms with Gasteiger partial charge in [-0.25, -0.2) is 0 Å². The molecular weight excluding hydrogens is 292 g/mol. The van der Waals surface area contributed by atoms with Crippen LogP contribution in [0.3, 0.4) is 0 Å². The van der Waals surface area contributed by atoms with Crippen LogP contribution in [0.15, 0.2) is 84.9 Å². The molecule has 0 bridgehead atoms. The van der Waals surface area contributed by atoms with Gasteiger partial charge in [0, 0.05) is 18.8 Å². The van der Waals surface area contributed by atoms with Crippen molar-refractivity contribution in [1.29, 1.82) is 0 Å². The first-order chi connectivity index (χ1) is 11.9. The Morgan fingerprint density at radius 3 is 1.75 bits per heavy atom. The monoisotopic (exact) mass is 316 g/mol. The molecule has 0 amide bonds. The van der Waals surface area contributed by atoms with Crippen molar-refractivity contribution in [3.05, 3.63) is 102 Å². The molecule has 0 aromatic heterocycles. The number of nitrogens with one attached hydrogen (secondary N) is 2. The molecule has 0 radical (unpaired) electrons. The first kappa shape index (κ1) is 16.3. The topological polar surface area (TPSA) is 24.1 Å². The highest BCUT2D eigenvalue weighted by atomic mass is 14.9. The minimum Gasteiger partial charge on any atom is -0.381 e. The van der Waals surface area contributed by atoms with E-state index in [0.717, 1.165) is 26.1 Å². The Labute approximate surface area is 144 Å². The Morgan fingerprint density at radius 1 is 0.542 bits per heavy atom. The van der Waals surface area contributed by atoms with Gasteiger partial charge in [0.1, 0.15) is 0 Å². The Hall–Kier alpha value is -2.58. The first-order valence-electron chi connectivity index (χ1n) is 8.51. The molecule has 0 saturated heterocycles. The van der Waals surface area contributed by atoms with Crippen molar-refractivity contribution in [1.82, 2.24) is 5.32 Å². The SMILES string of the molecule is c1ccc(CNCCc2ccc(NCc3ccccc3)cc2)cc1. The fourth-order valence-electron chi connectivity index (χ4n) is 2.65. The predicted octanol–water partition coefficient (Wildman–Crippen LogP) is 4.63. The summed E-state index contributed by atoms with van der Waals surface area (Å²) >= 11 is 0. The zero-order valence-electron chi connectivity index (χ0n) is 13.9. The van der Waals surface area contributed by atoms with Crippen LogP contribution >= 0.6 is 0 Å². The summed E-state index contributed by atoms with van der Waals surface area (Å²) in [6.45, 7) is 2.78. The molecule has 2 heteroatoms. The molecule has 3 rings (SSSR count). The summed E-state index contributed by atoms with van der Waals surface area (Å²) in [6, 6.07) is 29.7. The van der Waals surface area contributed by atoms with Gasteiger partial charge < -0.3 is 10.6 Å². The second kappa shape index (κ2) is 8.90. The Balaban J connectivity index is 1.40. The largest absolute Gasteiger partial charge is 0.381 e. The third kappa shape index (κ3) is 5.25. The Kier molecular flexibility index (Phi) is 6.04. The van der Waals surface area contributed by atoms with E-state index in [2.05, 4.69) is 89.5 Å². The lowest BCUT2D eigenvalue weighted by Gasteiger charge is -2.08. The van der Waals surface area contributed by atoms with E-state index in [1.165, 1.54) is 22.4 Å². The summed E-state index contributed by atoms with van der Waals surface area (Å²) < 4.78 is 0. The van der Waals surface area contributed by atoms with Gasteiger partial charge in [-0.2, -0.15) is 0 Å². The summed E-state index contributed by atoms with van der Waals surface area (Å²) in [5.74, 6) is 0. The van der Waals surface area contributed by atoms with Crippen LogP contribution in [0.2, 0.25) is 0 Å². The zero-order valence-corrected chi connectivity index (χ0v) is 13.9. The number of anilines is 1.